The molecule has 1 aromatic carbocycles. The van der Waals surface area contributed by atoms with Gasteiger partial charge in [0.15, 0.2) is 21.3 Å². The first-order chi connectivity index (χ1) is 18.8. The van der Waals surface area contributed by atoms with Crippen molar-refractivity contribution in [2.45, 2.75) is 81.5 Å². The van der Waals surface area contributed by atoms with Crippen molar-refractivity contribution >= 4 is 33.1 Å². The fourth-order valence-corrected chi connectivity index (χ4v) is 6.94. The number of carbonyl (C=O) groups is 2. The summed E-state index contributed by atoms with van der Waals surface area (Å²) in [4.78, 5) is 33.1. The van der Waals surface area contributed by atoms with Crippen LogP contribution in [-0.2, 0) is 16.4 Å². The van der Waals surface area contributed by atoms with Crippen molar-refractivity contribution < 1.29 is 23.1 Å². The highest BCUT2D eigenvalue weighted by Gasteiger charge is 2.41. The number of fused-ring (bicyclic) bond motifs is 2. The van der Waals surface area contributed by atoms with E-state index < -0.39 is 21.3 Å². The number of hydrogen-bond acceptors (Lipinski definition) is 8. The first-order valence-corrected chi connectivity index (χ1v) is 15.6. The average molecular weight is 567 g/mol. The SMILES string of the molecule is CC(C1CC1)N1Cc2cc(-c3ccn4nc(N)c(C(=O)N[C@H]5CC[C@@](C)(O)CC5)c4n3)cc(S(C)(=O)=O)c2C1=O. The van der Waals surface area contributed by atoms with Crippen LogP contribution in [0.25, 0.3) is 16.9 Å². The Bertz CT molecular complexity index is 1650. The first-order valence-electron chi connectivity index (χ1n) is 13.7. The Kier molecular flexibility index (Phi) is 6.19. The molecular formula is C28H34N6O5S. The number of amides is 2. The summed E-state index contributed by atoms with van der Waals surface area (Å²) in [7, 11) is -3.72. The second-order valence-electron chi connectivity index (χ2n) is 11.9. The second kappa shape index (κ2) is 9.27. The van der Waals surface area contributed by atoms with E-state index in [-0.39, 0.29) is 45.5 Å². The van der Waals surface area contributed by atoms with Gasteiger partial charge in [-0.25, -0.2) is 17.9 Å². The zero-order valence-corrected chi connectivity index (χ0v) is 23.7. The molecule has 0 spiro atoms. The van der Waals surface area contributed by atoms with E-state index in [2.05, 4.69) is 15.4 Å². The highest BCUT2D eigenvalue weighted by Crippen LogP contribution is 2.40. The van der Waals surface area contributed by atoms with Crippen molar-refractivity contribution in [2.24, 2.45) is 5.92 Å². The quantitative estimate of drug-likeness (QED) is 0.410. The molecule has 2 aliphatic carbocycles. The van der Waals surface area contributed by atoms with Gasteiger partial charge in [-0.2, -0.15) is 0 Å². The number of aromatic nitrogens is 3. The van der Waals surface area contributed by atoms with Crippen LogP contribution in [-0.4, -0.2) is 68.8 Å². The van der Waals surface area contributed by atoms with Crippen LogP contribution in [0.2, 0.25) is 0 Å². The second-order valence-corrected chi connectivity index (χ2v) is 13.9. The third-order valence-electron chi connectivity index (χ3n) is 8.63. The van der Waals surface area contributed by atoms with E-state index in [0.717, 1.165) is 19.1 Å². The molecule has 2 amide bonds. The molecule has 3 heterocycles. The smallest absolute Gasteiger partial charge is 0.259 e. The van der Waals surface area contributed by atoms with Crippen LogP contribution in [0.5, 0.6) is 0 Å². The Morgan fingerprint density at radius 2 is 1.93 bits per heavy atom. The molecule has 40 heavy (non-hydrogen) atoms. The number of sulfone groups is 1. The van der Waals surface area contributed by atoms with Gasteiger partial charge in [0.25, 0.3) is 11.8 Å². The summed E-state index contributed by atoms with van der Waals surface area (Å²) in [5, 5.41) is 17.5. The molecule has 2 aromatic heterocycles. The first kappa shape index (κ1) is 26.7. The van der Waals surface area contributed by atoms with Crippen LogP contribution in [0.15, 0.2) is 29.3 Å². The standard InChI is InChI=1S/C28H34N6O5S/c1-15(16-4-5-16)33-14-18-12-17(13-21(40(3,38)39)22(18)27(33)36)20-8-11-34-25(31-20)23(24(29)32-34)26(35)30-19-6-9-28(2,37)10-7-19/h8,11-13,15-16,19,37H,4-7,9-10,14H2,1-3H3,(H2,29,32)(H,30,35)/t15?,19-,28+. The monoisotopic (exact) mass is 566 g/mol. The summed E-state index contributed by atoms with van der Waals surface area (Å²) in [6.07, 6.45) is 7.35. The lowest BCUT2D eigenvalue weighted by atomic mass is 9.83. The van der Waals surface area contributed by atoms with Gasteiger partial charge in [-0.1, -0.05) is 0 Å². The average Bonchev–Trinajstić information content (AvgIpc) is 3.61. The van der Waals surface area contributed by atoms with Crippen LogP contribution >= 0.6 is 0 Å². The van der Waals surface area contributed by atoms with Gasteiger partial charge in [-0.15, -0.1) is 5.10 Å². The Morgan fingerprint density at radius 1 is 1.23 bits per heavy atom. The Balaban J connectivity index is 1.37. The molecule has 0 saturated heterocycles. The molecule has 6 rings (SSSR count). The van der Waals surface area contributed by atoms with Crippen molar-refractivity contribution in [3.05, 3.63) is 41.1 Å². The van der Waals surface area contributed by atoms with Crippen LogP contribution in [0.3, 0.4) is 0 Å². The minimum absolute atomic E-state index is 0.0173. The van der Waals surface area contributed by atoms with Crippen molar-refractivity contribution in [2.75, 3.05) is 12.0 Å². The number of hydrogen-bond donors (Lipinski definition) is 3. The van der Waals surface area contributed by atoms with Gasteiger partial charge in [0.1, 0.15) is 5.56 Å². The summed E-state index contributed by atoms with van der Waals surface area (Å²) in [5.74, 6) is -0.172. The summed E-state index contributed by atoms with van der Waals surface area (Å²) in [6, 6.07) is 4.92. The van der Waals surface area contributed by atoms with Crippen LogP contribution in [0.1, 0.15) is 78.7 Å². The number of aliphatic hydroxyl groups is 1. The molecule has 4 N–H and O–H groups in total. The van der Waals surface area contributed by atoms with E-state index in [0.29, 0.717) is 55.0 Å². The predicted molar refractivity (Wildman–Crippen MR) is 148 cm³/mol. The van der Waals surface area contributed by atoms with E-state index in [1.54, 1.807) is 24.1 Å². The normalized spacial score (nSPS) is 23.9. The molecule has 11 nitrogen and oxygen atoms in total. The Labute approximate surface area is 232 Å². The van der Waals surface area contributed by atoms with Crippen LogP contribution < -0.4 is 11.1 Å². The van der Waals surface area contributed by atoms with Crippen molar-refractivity contribution in [1.29, 1.82) is 0 Å². The zero-order valence-electron chi connectivity index (χ0n) is 22.8. The third-order valence-corrected chi connectivity index (χ3v) is 9.75. The lowest BCUT2D eigenvalue weighted by Crippen LogP contribution is -2.42. The number of nitrogens with zero attached hydrogens (tertiary/aromatic N) is 4. The topological polar surface area (TPSA) is 160 Å². The molecular weight excluding hydrogens is 532 g/mol. The maximum Gasteiger partial charge on any atom is 0.259 e. The van der Waals surface area contributed by atoms with Crippen molar-refractivity contribution in [3.8, 4) is 11.3 Å². The number of nitrogens with two attached hydrogens (primary N) is 1. The molecule has 0 radical (unpaired) electrons. The maximum absolute atomic E-state index is 13.3. The zero-order chi connectivity index (χ0) is 28.6. The molecule has 2 saturated carbocycles. The van der Waals surface area contributed by atoms with Crippen LogP contribution in [0.4, 0.5) is 5.82 Å². The molecule has 212 valence electrons. The highest BCUT2D eigenvalue weighted by molar-refractivity contribution is 7.90. The largest absolute Gasteiger partial charge is 0.390 e. The summed E-state index contributed by atoms with van der Waals surface area (Å²) >= 11 is 0. The fourth-order valence-electron chi connectivity index (χ4n) is 6.01. The van der Waals surface area contributed by atoms with E-state index in [4.69, 9.17) is 5.73 Å². The van der Waals surface area contributed by atoms with Gasteiger partial charge in [0.05, 0.1) is 21.8 Å². The van der Waals surface area contributed by atoms with E-state index in [1.165, 1.54) is 10.6 Å². The summed E-state index contributed by atoms with van der Waals surface area (Å²) in [6.45, 7) is 4.16. The van der Waals surface area contributed by atoms with E-state index >= 15 is 0 Å². The molecule has 0 bridgehead atoms. The molecule has 3 aliphatic rings. The van der Waals surface area contributed by atoms with Crippen LogP contribution in [0, 0.1) is 5.92 Å². The maximum atomic E-state index is 13.3. The van der Waals surface area contributed by atoms with Gasteiger partial charge in [-0.3, -0.25) is 9.59 Å². The molecule has 1 atom stereocenters. The number of nitrogen functional groups attached to an aromatic ring is 1. The highest BCUT2D eigenvalue weighted by atomic mass is 32.2. The number of nitrogens with one attached hydrogen (secondary N) is 1. The predicted octanol–water partition coefficient (Wildman–Crippen LogP) is 2.56. The number of carbonyl (C=O) groups excluding carboxylic acids is 2. The molecule has 2 fully saturated rings. The Morgan fingerprint density at radius 3 is 2.58 bits per heavy atom. The van der Waals surface area contributed by atoms with Crippen molar-refractivity contribution in [3.63, 3.8) is 0 Å². The van der Waals surface area contributed by atoms with E-state index in [9.17, 15) is 23.1 Å². The summed E-state index contributed by atoms with van der Waals surface area (Å²) < 4.78 is 27.1. The van der Waals surface area contributed by atoms with Crippen molar-refractivity contribution in [1.82, 2.24) is 24.8 Å². The van der Waals surface area contributed by atoms with E-state index in [1.807, 2.05) is 13.0 Å². The molecule has 3 aromatic rings. The van der Waals surface area contributed by atoms with Gasteiger partial charge in [-0.05, 0) is 82.1 Å². The van der Waals surface area contributed by atoms with Gasteiger partial charge < -0.3 is 21.1 Å². The minimum Gasteiger partial charge on any atom is -0.390 e. The van der Waals surface area contributed by atoms with Gasteiger partial charge in [0, 0.05) is 36.6 Å². The number of anilines is 1. The van der Waals surface area contributed by atoms with Gasteiger partial charge in [0.2, 0.25) is 0 Å². The minimum atomic E-state index is -3.72. The fraction of sp³-hybridized carbons (Fsp3) is 0.500. The third kappa shape index (κ3) is 4.72. The summed E-state index contributed by atoms with van der Waals surface area (Å²) in [5.41, 5.74) is 7.65. The number of benzene rings is 1. The lowest BCUT2D eigenvalue weighted by molar-refractivity contribution is 0.0140. The lowest BCUT2D eigenvalue weighted by Gasteiger charge is -2.33. The molecule has 12 heteroatoms. The Hall–Kier alpha value is -3.51. The molecule has 1 unspecified atom stereocenters. The number of rotatable bonds is 6. The molecule has 1 aliphatic heterocycles. The van der Waals surface area contributed by atoms with Gasteiger partial charge >= 0.3 is 0 Å².